The van der Waals surface area contributed by atoms with Crippen molar-refractivity contribution in [3.8, 4) is 11.6 Å². The minimum atomic E-state index is -1.27. The van der Waals surface area contributed by atoms with E-state index in [2.05, 4.69) is 15.5 Å². The van der Waals surface area contributed by atoms with E-state index < -0.39 is 5.60 Å². The van der Waals surface area contributed by atoms with Crippen molar-refractivity contribution in [1.29, 1.82) is 0 Å². The molecule has 3 heterocycles. The summed E-state index contributed by atoms with van der Waals surface area (Å²) >= 11 is 0. The minimum absolute atomic E-state index is 0.0425. The molecule has 0 aliphatic carbocycles. The summed E-state index contributed by atoms with van der Waals surface area (Å²) in [6.45, 7) is 1.61. The van der Waals surface area contributed by atoms with E-state index in [0.717, 1.165) is 0 Å². The van der Waals surface area contributed by atoms with Gasteiger partial charge in [-0.3, -0.25) is 4.79 Å². The highest BCUT2D eigenvalue weighted by molar-refractivity contribution is 5.76. The smallest absolute Gasteiger partial charge is 0.238 e. The van der Waals surface area contributed by atoms with Crippen LogP contribution in [0.1, 0.15) is 25.0 Å². The molecule has 0 aliphatic rings. The highest BCUT2D eigenvalue weighted by Gasteiger charge is 2.26. The molecular formula is C16H17N3O5. The van der Waals surface area contributed by atoms with Crippen LogP contribution >= 0.6 is 0 Å². The number of hydrogen-bond donors (Lipinski definition) is 2. The summed E-state index contributed by atoms with van der Waals surface area (Å²) in [6.07, 6.45) is 3.44. The van der Waals surface area contributed by atoms with E-state index in [-0.39, 0.29) is 18.9 Å². The van der Waals surface area contributed by atoms with Gasteiger partial charge >= 0.3 is 0 Å². The molecule has 3 aromatic rings. The van der Waals surface area contributed by atoms with E-state index >= 15 is 0 Å². The maximum Gasteiger partial charge on any atom is 0.238 e. The number of furan rings is 2. The SMILES string of the molecule is CC(O)(CNC(=O)CCc1nc(-c2ccco2)no1)c1ccco1. The van der Waals surface area contributed by atoms with Gasteiger partial charge in [0.05, 0.1) is 19.1 Å². The first-order valence-corrected chi connectivity index (χ1v) is 7.44. The summed E-state index contributed by atoms with van der Waals surface area (Å²) in [5, 5.41) is 16.7. The molecule has 0 spiro atoms. The van der Waals surface area contributed by atoms with Crippen molar-refractivity contribution in [2.75, 3.05) is 6.54 Å². The highest BCUT2D eigenvalue weighted by atomic mass is 16.5. The lowest BCUT2D eigenvalue weighted by atomic mass is 10.0. The number of amides is 1. The second-order valence-electron chi connectivity index (χ2n) is 5.52. The molecule has 24 heavy (non-hydrogen) atoms. The largest absolute Gasteiger partial charge is 0.466 e. The number of nitrogens with zero attached hydrogens (tertiary/aromatic N) is 2. The number of carbonyl (C=O) groups is 1. The van der Waals surface area contributed by atoms with Gasteiger partial charge < -0.3 is 23.8 Å². The summed E-state index contributed by atoms with van der Waals surface area (Å²) in [5.74, 6) is 1.34. The van der Waals surface area contributed by atoms with Crippen molar-refractivity contribution < 1.29 is 23.3 Å². The van der Waals surface area contributed by atoms with Gasteiger partial charge in [-0.15, -0.1) is 0 Å². The lowest BCUT2D eigenvalue weighted by Crippen LogP contribution is -2.38. The Morgan fingerprint density at radius 1 is 1.29 bits per heavy atom. The Morgan fingerprint density at radius 2 is 2.08 bits per heavy atom. The second kappa shape index (κ2) is 6.71. The molecule has 2 N–H and O–H groups in total. The van der Waals surface area contributed by atoms with E-state index in [1.54, 1.807) is 31.2 Å². The molecule has 8 nitrogen and oxygen atoms in total. The van der Waals surface area contributed by atoms with Gasteiger partial charge in [-0.25, -0.2) is 0 Å². The lowest BCUT2D eigenvalue weighted by Gasteiger charge is -2.21. The Balaban J connectivity index is 1.48. The quantitative estimate of drug-likeness (QED) is 0.679. The molecule has 1 atom stereocenters. The predicted molar refractivity (Wildman–Crippen MR) is 81.6 cm³/mol. The first kappa shape index (κ1) is 16.0. The van der Waals surface area contributed by atoms with Gasteiger partial charge in [-0.1, -0.05) is 5.16 Å². The van der Waals surface area contributed by atoms with Crippen molar-refractivity contribution in [3.63, 3.8) is 0 Å². The summed E-state index contributed by atoms with van der Waals surface area (Å²) in [4.78, 5) is 16.1. The Kier molecular flexibility index (Phi) is 4.48. The Morgan fingerprint density at radius 3 is 2.79 bits per heavy atom. The number of aryl methyl sites for hydroxylation is 1. The molecule has 3 aromatic heterocycles. The van der Waals surface area contributed by atoms with Crippen molar-refractivity contribution >= 4 is 5.91 Å². The van der Waals surface area contributed by atoms with Crippen molar-refractivity contribution in [2.24, 2.45) is 0 Å². The van der Waals surface area contributed by atoms with Crippen LogP contribution in [-0.4, -0.2) is 27.7 Å². The summed E-state index contributed by atoms with van der Waals surface area (Å²) in [7, 11) is 0. The highest BCUT2D eigenvalue weighted by Crippen LogP contribution is 2.20. The third-order valence-electron chi connectivity index (χ3n) is 3.46. The van der Waals surface area contributed by atoms with Crippen LogP contribution in [0.4, 0.5) is 0 Å². The van der Waals surface area contributed by atoms with Gasteiger partial charge in [0, 0.05) is 12.8 Å². The van der Waals surface area contributed by atoms with Crippen molar-refractivity contribution in [2.45, 2.75) is 25.4 Å². The van der Waals surface area contributed by atoms with Crippen molar-refractivity contribution in [1.82, 2.24) is 15.5 Å². The summed E-state index contributed by atoms with van der Waals surface area (Å²) in [5.41, 5.74) is -1.27. The van der Waals surface area contributed by atoms with Gasteiger partial charge in [0.1, 0.15) is 11.4 Å². The van der Waals surface area contributed by atoms with Crippen LogP contribution in [0.3, 0.4) is 0 Å². The zero-order chi connectivity index (χ0) is 17.0. The molecule has 0 saturated carbocycles. The fourth-order valence-electron chi connectivity index (χ4n) is 2.11. The lowest BCUT2D eigenvalue weighted by molar-refractivity contribution is -0.122. The number of nitrogens with one attached hydrogen (secondary N) is 1. The molecule has 0 saturated heterocycles. The number of aromatic nitrogens is 2. The van der Waals surface area contributed by atoms with Crippen LogP contribution in [0.5, 0.6) is 0 Å². The van der Waals surface area contributed by atoms with E-state index in [9.17, 15) is 9.90 Å². The standard InChI is InChI=1S/C16H17N3O5/c1-16(21,12-5-3-9-23-12)10-17-13(20)6-7-14-18-15(19-24-14)11-4-2-8-22-11/h2-5,8-9,21H,6-7,10H2,1H3,(H,17,20). The Hall–Kier alpha value is -2.87. The molecule has 0 radical (unpaired) electrons. The minimum Gasteiger partial charge on any atom is -0.466 e. The Labute approximate surface area is 137 Å². The molecule has 8 heteroatoms. The normalized spacial score (nSPS) is 13.6. The first-order chi connectivity index (χ1) is 11.5. The molecule has 0 fully saturated rings. The number of hydrogen-bond acceptors (Lipinski definition) is 7. The third-order valence-corrected chi connectivity index (χ3v) is 3.46. The fourth-order valence-corrected chi connectivity index (χ4v) is 2.11. The maximum atomic E-state index is 11.9. The fraction of sp³-hybridized carbons (Fsp3) is 0.312. The van der Waals surface area contributed by atoms with E-state index in [0.29, 0.717) is 29.7 Å². The number of aliphatic hydroxyl groups is 1. The zero-order valence-corrected chi connectivity index (χ0v) is 13.1. The molecule has 3 rings (SSSR count). The van der Waals surface area contributed by atoms with Crippen LogP contribution in [0.15, 0.2) is 50.1 Å². The van der Waals surface area contributed by atoms with Gasteiger partial charge in [0.2, 0.25) is 17.6 Å². The first-order valence-electron chi connectivity index (χ1n) is 7.44. The van der Waals surface area contributed by atoms with Crippen LogP contribution in [-0.2, 0) is 16.8 Å². The van der Waals surface area contributed by atoms with Gasteiger partial charge in [0.15, 0.2) is 5.76 Å². The molecular weight excluding hydrogens is 314 g/mol. The van der Waals surface area contributed by atoms with Crippen LogP contribution in [0.2, 0.25) is 0 Å². The number of rotatable bonds is 7. The second-order valence-corrected chi connectivity index (χ2v) is 5.52. The molecule has 0 aliphatic heterocycles. The maximum absolute atomic E-state index is 11.9. The topological polar surface area (TPSA) is 115 Å². The van der Waals surface area contributed by atoms with Crippen molar-refractivity contribution in [3.05, 3.63) is 48.4 Å². The summed E-state index contributed by atoms with van der Waals surface area (Å²) < 4.78 is 15.4. The predicted octanol–water partition coefficient (Wildman–Crippen LogP) is 1.88. The van der Waals surface area contributed by atoms with Crippen LogP contribution in [0, 0.1) is 0 Å². The zero-order valence-electron chi connectivity index (χ0n) is 13.1. The summed E-state index contributed by atoms with van der Waals surface area (Å²) in [6, 6.07) is 6.78. The molecule has 0 bridgehead atoms. The molecule has 1 amide bonds. The molecule has 1 unspecified atom stereocenters. The Bertz CT molecular complexity index is 775. The van der Waals surface area contributed by atoms with Crippen LogP contribution < -0.4 is 5.32 Å². The molecule has 0 aromatic carbocycles. The van der Waals surface area contributed by atoms with E-state index in [1.807, 2.05) is 0 Å². The monoisotopic (exact) mass is 331 g/mol. The van der Waals surface area contributed by atoms with E-state index in [1.165, 1.54) is 12.5 Å². The van der Waals surface area contributed by atoms with Gasteiger partial charge in [-0.2, -0.15) is 4.98 Å². The molecule has 126 valence electrons. The van der Waals surface area contributed by atoms with E-state index in [4.69, 9.17) is 13.4 Å². The average Bonchev–Trinajstić information content (AvgIpc) is 3.32. The third kappa shape index (κ3) is 3.72. The van der Waals surface area contributed by atoms with Gasteiger partial charge in [-0.05, 0) is 31.2 Å². The average molecular weight is 331 g/mol. The van der Waals surface area contributed by atoms with Gasteiger partial charge in [0.25, 0.3) is 0 Å². The van der Waals surface area contributed by atoms with Crippen LogP contribution in [0.25, 0.3) is 11.6 Å². The number of carbonyl (C=O) groups excluding carboxylic acids is 1.